The summed E-state index contributed by atoms with van der Waals surface area (Å²) in [5.74, 6) is 1.15. The van der Waals surface area contributed by atoms with E-state index in [2.05, 4.69) is 26.0 Å². The van der Waals surface area contributed by atoms with E-state index < -0.39 is 4.92 Å². The van der Waals surface area contributed by atoms with Crippen molar-refractivity contribution in [2.45, 2.75) is 26.4 Å². The van der Waals surface area contributed by atoms with E-state index in [0.717, 1.165) is 22.1 Å². The van der Waals surface area contributed by atoms with Crippen molar-refractivity contribution in [3.63, 3.8) is 0 Å². The predicted octanol–water partition coefficient (Wildman–Crippen LogP) is 5.55. The molecule has 0 amide bonds. The summed E-state index contributed by atoms with van der Waals surface area (Å²) in [4.78, 5) is 30.4. The summed E-state index contributed by atoms with van der Waals surface area (Å²) >= 11 is 3.42. The van der Waals surface area contributed by atoms with Gasteiger partial charge in [0.2, 0.25) is 0 Å². The first-order chi connectivity index (χ1) is 17.8. The van der Waals surface area contributed by atoms with Crippen LogP contribution < -0.4 is 15.2 Å². The number of hydrogen-bond donors (Lipinski definition) is 0. The molecule has 0 saturated carbocycles. The Hall–Kier alpha value is -4.05. The van der Waals surface area contributed by atoms with Crippen LogP contribution in [0.3, 0.4) is 0 Å². The van der Waals surface area contributed by atoms with Crippen molar-refractivity contribution in [1.82, 2.24) is 9.66 Å². The van der Waals surface area contributed by atoms with Gasteiger partial charge in [-0.05, 0) is 54.4 Å². The zero-order valence-corrected chi connectivity index (χ0v) is 22.3. The van der Waals surface area contributed by atoms with Crippen LogP contribution in [-0.2, 0) is 13.0 Å². The average Bonchev–Trinajstić information content (AvgIpc) is 2.88. The Morgan fingerprint density at radius 2 is 1.89 bits per heavy atom. The molecular formula is C27H26BrN5O4. The molecule has 0 bridgehead atoms. The van der Waals surface area contributed by atoms with Crippen molar-refractivity contribution < 1.29 is 9.66 Å². The Kier molecular flexibility index (Phi) is 7.98. The number of nitro benzene ring substituents is 1. The summed E-state index contributed by atoms with van der Waals surface area (Å²) in [7, 11) is 3.86. The number of nitro groups is 1. The van der Waals surface area contributed by atoms with E-state index in [1.165, 1.54) is 16.8 Å². The zero-order valence-electron chi connectivity index (χ0n) is 20.7. The maximum Gasteiger partial charge on any atom is 0.282 e. The van der Waals surface area contributed by atoms with Crippen LogP contribution in [0, 0.1) is 10.1 Å². The topological polar surface area (TPSA) is 103 Å². The van der Waals surface area contributed by atoms with Crippen LogP contribution in [0.1, 0.15) is 30.3 Å². The van der Waals surface area contributed by atoms with Crippen molar-refractivity contribution in [2.24, 2.45) is 5.10 Å². The minimum Gasteiger partial charge on any atom is -0.488 e. The van der Waals surface area contributed by atoms with Gasteiger partial charge in [-0.25, -0.2) is 4.98 Å². The van der Waals surface area contributed by atoms with E-state index in [1.54, 1.807) is 24.4 Å². The first kappa shape index (κ1) is 26.0. The Labute approximate surface area is 222 Å². The minimum atomic E-state index is -0.436. The largest absolute Gasteiger partial charge is 0.488 e. The highest BCUT2D eigenvalue weighted by Gasteiger charge is 2.12. The lowest BCUT2D eigenvalue weighted by Gasteiger charge is -2.16. The van der Waals surface area contributed by atoms with Gasteiger partial charge >= 0.3 is 0 Å². The number of aromatic nitrogens is 2. The summed E-state index contributed by atoms with van der Waals surface area (Å²) in [6.45, 7) is 2.23. The third kappa shape index (κ3) is 6.03. The molecule has 0 aliphatic rings. The van der Waals surface area contributed by atoms with Gasteiger partial charge < -0.3 is 9.64 Å². The Morgan fingerprint density at radius 3 is 2.57 bits per heavy atom. The van der Waals surface area contributed by atoms with Crippen LogP contribution in [0.4, 0.5) is 11.4 Å². The Bertz CT molecular complexity index is 1530. The molecule has 0 atom stereocenters. The van der Waals surface area contributed by atoms with E-state index in [1.807, 2.05) is 56.3 Å². The molecule has 1 heterocycles. The first-order valence-corrected chi connectivity index (χ1v) is 12.5. The Balaban J connectivity index is 1.70. The van der Waals surface area contributed by atoms with E-state index in [4.69, 9.17) is 4.74 Å². The van der Waals surface area contributed by atoms with Crippen molar-refractivity contribution in [3.05, 3.63) is 103 Å². The molecule has 4 aromatic rings. The molecule has 1 aromatic heterocycles. The SMILES string of the molecule is CCCc1nc2ccc(Br)cc2c(=O)n1N=Cc1ccc(N(C)C)cc1OCc1ccc([N+](=O)[O-])cc1. The van der Waals surface area contributed by atoms with Crippen LogP contribution in [-0.4, -0.2) is 34.9 Å². The fraction of sp³-hybridized carbons (Fsp3) is 0.222. The van der Waals surface area contributed by atoms with Crippen LogP contribution in [0.15, 0.2) is 75.0 Å². The van der Waals surface area contributed by atoms with Crippen molar-refractivity contribution >= 4 is 44.4 Å². The lowest BCUT2D eigenvalue weighted by atomic mass is 10.1. The van der Waals surface area contributed by atoms with Gasteiger partial charge in [0.1, 0.15) is 18.2 Å². The quantitative estimate of drug-likeness (QED) is 0.150. The van der Waals surface area contributed by atoms with E-state index in [-0.39, 0.29) is 17.9 Å². The summed E-state index contributed by atoms with van der Waals surface area (Å²) < 4.78 is 8.24. The van der Waals surface area contributed by atoms with E-state index in [0.29, 0.717) is 34.5 Å². The van der Waals surface area contributed by atoms with Crippen molar-refractivity contribution in [2.75, 3.05) is 19.0 Å². The number of anilines is 1. The van der Waals surface area contributed by atoms with Gasteiger partial charge in [0.05, 0.1) is 22.0 Å². The number of rotatable bonds is 9. The summed E-state index contributed by atoms with van der Waals surface area (Å²) in [5, 5.41) is 15.9. The molecule has 0 N–H and O–H groups in total. The molecule has 0 spiro atoms. The van der Waals surface area contributed by atoms with E-state index >= 15 is 0 Å². The van der Waals surface area contributed by atoms with Crippen LogP contribution in [0.5, 0.6) is 5.75 Å². The van der Waals surface area contributed by atoms with Gasteiger partial charge in [0, 0.05) is 54.4 Å². The zero-order chi connectivity index (χ0) is 26.5. The standard InChI is InChI=1S/C27H26BrN5O4/c1-4-5-26-30-24-13-9-20(28)14-23(24)27(34)32(26)29-16-19-8-12-22(31(2)3)15-25(19)37-17-18-6-10-21(11-7-18)33(35)36/h6-16H,4-5,17H2,1-3H3. The van der Waals surface area contributed by atoms with E-state index in [9.17, 15) is 14.9 Å². The third-order valence-electron chi connectivity index (χ3n) is 5.72. The lowest BCUT2D eigenvalue weighted by Crippen LogP contribution is -2.22. The van der Waals surface area contributed by atoms with Crippen molar-refractivity contribution in [3.8, 4) is 5.75 Å². The number of nitrogens with zero attached hydrogens (tertiary/aromatic N) is 5. The highest BCUT2D eigenvalue weighted by Crippen LogP contribution is 2.25. The maximum atomic E-state index is 13.3. The number of hydrogen-bond acceptors (Lipinski definition) is 7. The number of benzene rings is 3. The summed E-state index contributed by atoms with van der Waals surface area (Å²) in [6.07, 6.45) is 3.00. The second kappa shape index (κ2) is 11.3. The monoisotopic (exact) mass is 563 g/mol. The minimum absolute atomic E-state index is 0.0236. The van der Waals surface area contributed by atoms with Gasteiger partial charge in [-0.2, -0.15) is 9.78 Å². The predicted molar refractivity (Wildman–Crippen MR) is 149 cm³/mol. The number of aryl methyl sites for hydroxylation is 1. The molecule has 10 heteroatoms. The molecule has 0 fully saturated rings. The van der Waals surface area contributed by atoms with Crippen molar-refractivity contribution in [1.29, 1.82) is 0 Å². The van der Waals surface area contributed by atoms with Crippen LogP contribution in [0.2, 0.25) is 0 Å². The van der Waals surface area contributed by atoms with Gasteiger partial charge in [-0.15, -0.1) is 0 Å². The molecule has 0 aliphatic carbocycles. The molecule has 4 rings (SSSR count). The highest BCUT2D eigenvalue weighted by atomic mass is 79.9. The number of halogens is 1. The van der Waals surface area contributed by atoms with Crippen LogP contribution >= 0.6 is 15.9 Å². The molecule has 0 radical (unpaired) electrons. The summed E-state index contributed by atoms with van der Waals surface area (Å²) in [6, 6.07) is 17.3. The van der Waals surface area contributed by atoms with Gasteiger partial charge in [0.15, 0.2) is 0 Å². The molecule has 190 valence electrons. The second-order valence-corrected chi connectivity index (χ2v) is 9.55. The van der Waals surface area contributed by atoms with Gasteiger partial charge in [0.25, 0.3) is 11.2 Å². The molecule has 3 aromatic carbocycles. The van der Waals surface area contributed by atoms with Gasteiger partial charge in [-0.3, -0.25) is 14.9 Å². The smallest absolute Gasteiger partial charge is 0.282 e. The molecule has 9 nitrogen and oxygen atoms in total. The molecule has 37 heavy (non-hydrogen) atoms. The number of ether oxygens (including phenoxy) is 1. The number of fused-ring (bicyclic) bond motifs is 1. The molecular weight excluding hydrogens is 538 g/mol. The second-order valence-electron chi connectivity index (χ2n) is 8.63. The fourth-order valence-corrected chi connectivity index (χ4v) is 4.09. The molecule has 0 saturated heterocycles. The average molecular weight is 564 g/mol. The Morgan fingerprint density at radius 1 is 1.14 bits per heavy atom. The third-order valence-corrected chi connectivity index (χ3v) is 6.21. The first-order valence-electron chi connectivity index (χ1n) is 11.7. The molecule has 0 aliphatic heterocycles. The normalized spacial score (nSPS) is 11.2. The maximum absolute atomic E-state index is 13.3. The molecule has 0 unspecified atom stereocenters. The van der Waals surface area contributed by atoms with Gasteiger partial charge in [-0.1, -0.05) is 22.9 Å². The fourth-order valence-electron chi connectivity index (χ4n) is 3.73. The lowest BCUT2D eigenvalue weighted by molar-refractivity contribution is -0.384. The number of non-ortho nitro benzene ring substituents is 1. The highest BCUT2D eigenvalue weighted by molar-refractivity contribution is 9.10. The summed E-state index contributed by atoms with van der Waals surface area (Å²) in [5.41, 5.74) is 2.80. The van der Waals surface area contributed by atoms with Crippen LogP contribution in [0.25, 0.3) is 10.9 Å².